The number of nitrogens with zero attached hydrogens (tertiary/aromatic N) is 3. The molecule has 1 heterocycles. The van der Waals surface area contributed by atoms with Gasteiger partial charge in [0.1, 0.15) is 11.6 Å². The van der Waals surface area contributed by atoms with Gasteiger partial charge in [0.05, 0.1) is 22.9 Å². The molecule has 7 nitrogen and oxygen atoms in total. The number of aliphatic hydroxyl groups excluding tert-OH is 1. The molecular formula is C19H18N4O3S. The summed E-state index contributed by atoms with van der Waals surface area (Å²) in [5.41, 5.74) is 2.50. The molecule has 0 spiro atoms. The van der Waals surface area contributed by atoms with E-state index in [0.29, 0.717) is 17.1 Å². The van der Waals surface area contributed by atoms with Crippen molar-refractivity contribution in [3.05, 3.63) is 65.9 Å². The molecule has 8 heteroatoms. The third-order valence-corrected chi connectivity index (χ3v) is 5.15. The summed E-state index contributed by atoms with van der Waals surface area (Å²) in [6.07, 6.45) is 2.19. The van der Waals surface area contributed by atoms with Gasteiger partial charge in [0.2, 0.25) is 0 Å². The van der Waals surface area contributed by atoms with Gasteiger partial charge in [-0.15, -0.1) is 5.10 Å². The van der Waals surface area contributed by atoms with Crippen LogP contribution in [0.1, 0.15) is 24.2 Å². The summed E-state index contributed by atoms with van der Waals surface area (Å²) in [6.45, 7) is 1.69. The number of aromatic nitrogens is 2. The summed E-state index contributed by atoms with van der Waals surface area (Å²) in [6, 6.07) is 15.5. The summed E-state index contributed by atoms with van der Waals surface area (Å²) in [5.74, 6) is 0.365. The number of benzene rings is 2. The summed E-state index contributed by atoms with van der Waals surface area (Å²) in [7, 11) is -3.26. The molecular weight excluding hydrogens is 364 g/mol. The van der Waals surface area contributed by atoms with Crippen LogP contribution in [-0.2, 0) is 9.84 Å². The molecule has 3 aromatic rings. The van der Waals surface area contributed by atoms with E-state index in [0.717, 1.165) is 17.5 Å². The van der Waals surface area contributed by atoms with Gasteiger partial charge in [0.25, 0.3) is 0 Å². The fourth-order valence-corrected chi connectivity index (χ4v) is 3.14. The zero-order chi connectivity index (χ0) is 19.6. The SMILES string of the molecule is CC(O)c1ccc(-n2cc(C#N)c(Nc3ccc(S(C)(=O)=O)cc3)n2)cc1. The Bertz CT molecular complexity index is 1090. The Hall–Kier alpha value is -3.15. The first-order valence-electron chi connectivity index (χ1n) is 8.13. The van der Waals surface area contributed by atoms with Crippen molar-refractivity contribution in [1.82, 2.24) is 9.78 Å². The van der Waals surface area contributed by atoms with Gasteiger partial charge in [0.15, 0.2) is 15.7 Å². The monoisotopic (exact) mass is 382 g/mol. The van der Waals surface area contributed by atoms with Gasteiger partial charge in [-0.05, 0) is 48.9 Å². The minimum absolute atomic E-state index is 0.220. The molecule has 0 radical (unpaired) electrons. The second-order valence-electron chi connectivity index (χ2n) is 6.14. The second-order valence-corrected chi connectivity index (χ2v) is 8.15. The Labute approximate surface area is 157 Å². The van der Waals surface area contributed by atoms with Crippen LogP contribution in [0.5, 0.6) is 0 Å². The first-order chi connectivity index (χ1) is 12.8. The highest BCUT2D eigenvalue weighted by Gasteiger charge is 2.12. The molecule has 0 aliphatic carbocycles. The Morgan fingerprint density at radius 2 is 1.78 bits per heavy atom. The fourth-order valence-electron chi connectivity index (χ4n) is 2.51. The van der Waals surface area contributed by atoms with Crippen LogP contribution >= 0.6 is 0 Å². The lowest BCUT2D eigenvalue weighted by molar-refractivity contribution is 0.199. The minimum atomic E-state index is -3.26. The Morgan fingerprint density at radius 1 is 1.15 bits per heavy atom. The third kappa shape index (κ3) is 4.16. The van der Waals surface area contributed by atoms with Gasteiger partial charge in [-0.1, -0.05) is 12.1 Å². The molecule has 0 aliphatic rings. The molecule has 27 heavy (non-hydrogen) atoms. The van der Waals surface area contributed by atoms with E-state index in [4.69, 9.17) is 0 Å². The average molecular weight is 382 g/mol. The maximum atomic E-state index is 11.5. The number of aliphatic hydroxyl groups is 1. The number of anilines is 2. The highest BCUT2D eigenvalue weighted by atomic mass is 32.2. The van der Waals surface area contributed by atoms with Crippen molar-refractivity contribution in [2.75, 3.05) is 11.6 Å². The number of rotatable bonds is 5. The molecule has 138 valence electrons. The number of hydrogen-bond donors (Lipinski definition) is 2. The van der Waals surface area contributed by atoms with Crippen LogP contribution in [-0.4, -0.2) is 29.6 Å². The highest BCUT2D eigenvalue weighted by Crippen LogP contribution is 2.23. The Morgan fingerprint density at radius 3 is 2.30 bits per heavy atom. The van der Waals surface area contributed by atoms with Crippen LogP contribution in [0.3, 0.4) is 0 Å². The lowest BCUT2D eigenvalue weighted by Crippen LogP contribution is -1.99. The van der Waals surface area contributed by atoms with Crippen LogP contribution in [0.25, 0.3) is 5.69 Å². The van der Waals surface area contributed by atoms with Crippen molar-refractivity contribution in [3.63, 3.8) is 0 Å². The van der Waals surface area contributed by atoms with E-state index in [9.17, 15) is 18.8 Å². The quantitative estimate of drug-likeness (QED) is 0.702. The van der Waals surface area contributed by atoms with E-state index >= 15 is 0 Å². The summed E-state index contributed by atoms with van der Waals surface area (Å²) < 4.78 is 24.6. The van der Waals surface area contributed by atoms with E-state index in [-0.39, 0.29) is 4.90 Å². The van der Waals surface area contributed by atoms with Gasteiger partial charge < -0.3 is 10.4 Å². The highest BCUT2D eigenvalue weighted by molar-refractivity contribution is 7.90. The van der Waals surface area contributed by atoms with Crippen LogP contribution in [0.4, 0.5) is 11.5 Å². The van der Waals surface area contributed by atoms with Crippen LogP contribution < -0.4 is 5.32 Å². The van der Waals surface area contributed by atoms with Crippen LogP contribution in [0, 0.1) is 11.3 Å². The molecule has 1 atom stereocenters. The molecule has 1 aromatic heterocycles. The van der Waals surface area contributed by atoms with E-state index in [2.05, 4.69) is 16.5 Å². The maximum Gasteiger partial charge on any atom is 0.175 e. The summed E-state index contributed by atoms with van der Waals surface area (Å²) in [5, 5.41) is 26.4. The Kier molecular flexibility index (Phi) is 4.99. The molecule has 0 amide bonds. The molecule has 0 aliphatic heterocycles. The first kappa shape index (κ1) is 18.6. The molecule has 1 unspecified atom stereocenters. The van der Waals surface area contributed by atoms with Gasteiger partial charge in [-0.3, -0.25) is 0 Å². The van der Waals surface area contributed by atoms with Gasteiger partial charge >= 0.3 is 0 Å². The van der Waals surface area contributed by atoms with Crippen molar-refractivity contribution in [2.45, 2.75) is 17.9 Å². The van der Waals surface area contributed by atoms with Crippen molar-refractivity contribution < 1.29 is 13.5 Å². The number of hydrogen-bond acceptors (Lipinski definition) is 6. The van der Waals surface area contributed by atoms with Gasteiger partial charge in [-0.2, -0.15) is 5.26 Å². The normalized spacial score (nSPS) is 12.4. The predicted octanol–water partition coefficient (Wildman–Crippen LogP) is 2.94. The predicted molar refractivity (Wildman–Crippen MR) is 102 cm³/mol. The number of nitriles is 1. The molecule has 3 rings (SSSR count). The summed E-state index contributed by atoms with van der Waals surface area (Å²) in [4.78, 5) is 0.220. The molecule has 0 saturated heterocycles. The standard InChI is InChI=1S/C19H18N4O3S/c1-13(24)14-3-7-17(8-4-14)23-12-15(11-20)19(22-23)21-16-5-9-18(10-6-16)27(2,25)26/h3-10,12-13,24H,1-2H3,(H,21,22). The zero-order valence-electron chi connectivity index (χ0n) is 14.8. The van der Waals surface area contributed by atoms with Crippen molar-refractivity contribution in [2.24, 2.45) is 0 Å². The fraction of sp³-hybridized carbons (Fsp3) is 0.158. The van der Waals surface area contributed by atoms with E-state index in [1.165, 1.54) is 12.1 Å². The smallest absolute Gasteiger partial charge is 0.175 e. The summed E-state index contributed by atoms with van der Waals surface area (Å²) >= 11 is 0. The van der Waals surface area contributed by atoms with Gasteiger partial charge in [-0.25, -0.2) is 13.1 Å². The minimum Gasteiger partial charge on any atom is -0.389 e. The van der Waals surface area contributed by atoms with Crippen molar-refractivity contribution >= 4 is 21.3 Å². The maximum absolute atomic E-state index is 11.5. The molecule has 2 aromatic carbocycles. The number of nitrogens with one attached hydrogen (secondary N) is 1. The molecule has 0 bridgehead atoms. The van der Waals surface area contributed by atoms with Gasteiger partial charge in [0, 0.05) is 11.9 Å². The molecule has 2 N–H and O–H groups in total. The molecule has 0 fully saturated rings. The lowest BCUT2D eigenvalue weighted by atomic mass is 10.1. The molecule has 0 saturated carbocycles. The first-order valence-corrected chi connectivity index (χ1v) is 10.0. The second kappa shape index (κ2) is 7.23. The Balaban J connectivity index is 1.88. The third-order valence-electron chi connectivity index (χ3n) is 4.02. The van der Waals surface area contributed by atoms with Crippen LogP contribution in [0.15, 0.2) is 59.6 Å². The van der Waals surface area contributed by atoms with E-state index in [1.54, 1.807) is 54.2 Å². The largest absolute Gasteiger partial charge is 0.389 e. The average Bonchev–Trinajstić information content (AvgIpc) is 3.04. The zero-order valence-corrected chi connectivity index (χ0v) is 15.6. The van der Waals surface area contributed by atoms with Crippen molar-refractivity contribution in [3.8, 4) is 11.8 Å². The van der Waals surface area contributed by atoms with E-state index in [1.807, 2.05) is 0 Å². The number of sulfone groups is 1. The topological polar surface area (TPSA) is 108 Å². The lowest BCUT2D eigenvalue weighted by Gasteiger charge is -2.07. The van der Waals surface area contributed by atoms with E-state index < -0.39 is 15.9 Å². The van der Waals surface area contributed by atoms with Crippen LogP contribution in [0.2, 0.25) is 0 Å². The van der Waals surface area contributed by atoms with Crippen molar-refractivity contribution in [1.29, 1.82) is 5.26 Å².